The van der Waals surface area contributed by atoms with E-state index in [0.717, 1.165) is 25.7 Å². The number of nitrogens with one attached hydrogen (secondary N) is 1. The third-order valence-electron chi connectivity index (χ3n) is 5.02. The molecule has 6 nitrogen and oxygen atoms in total. The molecule has 1 aliphatic heterocycles. The minimum Gasteiger partial charge on any atom is -0.468 e. The van der Waals surface area contributed by atoms with Gasteiger partial charge in [-0.1, -0.05) is 24.4 Å². The molecule has 2 aliphatic rings. The fourth-order valence-corrected chi connectivity index (χ4v) is 4.06. The number of ether oxygens (including phenoxy) is 1. The number of esters is 1. The van der Waals surface area contributed by atoms with E-state index < -0.39 is 0 Å². The van der Waals surface area contributed by atoms with Gasteiger partial charge >= 0.3 is 5.97 Å². The van der Waals surface area contributed by atoms with Gasteiger partial charge in [0.15, 0.2) is 0 Å². The minimum absolute atomic E-state index is 0.172. The van der Waals surface area contributed by atoms with E-state index in [1.54, 1.807) is 12.1 Å². The summed E-state index contributed by atoms with van der Waals surface area (Å²) >= 11 is 5.80. The van der Waals surface area contributed by atoms with E-state index in [4.69, 9.17) is 16.3 Å². The number of hydrogen-bond donors (Lipinski definition) is 1. The maximum Gasteiger partial charge on any atom is 0.323 e. The van der Waals surface area contributed by atoms with Crippen molar-refractivity contribution in [3.05, 3.63) is 23.4 Å². The Hall–Kier alpha value is -1.66. The van der Waals surface area contributed by atoms with Crippen LogP contribution in [0.2, 0.25) is 5.02 Å². The summed E-state index contributed by atoms with van der Waals surface area (Å²) in [5.74, 6) is 0.509. The van der Waals surface area contributed by atoms with Crippen LogP contribution in [-0.2, 0) is 14.3 Å². The highest BCUT2D eigenvalue weighted by atomic mass is 35.5. The molecule has 0 aromatic carbocycles. The van der Waals surface area contributed by atoms with Crippen LogP contribution in [0.3, 0.4) is 0 Å². The molecular weight excluding hydrogens is 330 g/mol. The van der Waals surface area contributed by atoms with E-state index in [1.807, 2.05) is 4.90 Å². The largest absolute Gasteiger partial charge is 0.468 e. The Morgan fingerprint density at radius 2 is 2.17 bits per heavy atom. The number of methoxy groups -OCH3 is 1. The van der Waals surface area contributed by atoms with E-state index in [2.05, 4.69) is 10.3 Å². The van der Waals surface area contributed by atoms with Crippen molar-refractivity contribution in [3.63, 3.8) is 0 Å². The average molecular weight is 352 g/mol. The monoisotopic (exact) mass is 351 g/mol. The molecule has 1 aliphatic carbocycles. The second kappa shape index (κ2) is 7.49. The number of aromatic nitrogens is 1. The summed E-state index contributed by atoms with van der Waals surface area (Å²) in [7, 11) is 1.40. The Morgan fingerprint density at radius 1 is 1.38 bits per heavy atom. The average Bonchev–Trinajstić information content (AvgIpc) is 2.95. The Kier molecular flexibility index (Phi) is 5.36. The number of rotatable bonds is 4. The highest BCUT2D eigenvalue weighted by Gasteiger charge is 2.46. The highest BCUT2D eigenvalue weighted by molar-refractivity contribution is 6.30. The van der Waals surface area contributed by atoms with Crippen molar-refractivity contribution in [2.45, 2.75) is 44.2 Å². The summed E-state index contributed by atoms with van der Waals surface area (Å²) in [6.07, 6.45) is 6.76. The first-order chi connectivity index (χ1) is 11.6. The summed E-state index contributed by atoms with van der Waals surface area (Å²) in [4.78, 5) is 30.6. The van der Waals surface area contributed by atoms with Crippen LogP contribution in [0.1, 0.15) is 32.1 Å². The molecule has 1 saturated carbocycles. The van der Waals surface area contributed by atoms with Crippen molar-refractivity contribution in [2.75, 3.05) is 19.0 Å². The van der Waals surface area contributed by atoms with E-state index >= 15 is 0 Å². The smallest absolute Gasteiger partial charge is 0.323 e. The zero-order valence-electron chi connectivity index (χ0n) is 13.7. The lowest BCUT2D eigenvalue weighted by Gasteiger charge is -2.32. The van der Waals surface area contributed by atoms with E-state index in [9.17, 15) is 9.59 Å². The fourth-order valence-electron chi connectivity index (χ4n) is 3.95. The number of likely N-dealkylation sites (tertiary alicyclic amines) is 1. The van der Waals surface area contributed by atoms with Gasteiger partial charge < -0.3 is 10.1 Å². The molecule has 7 heteroatoms. The van der Waals surface area contributed by atoms with Crippen LogP contribution in [0.5, 0.6) is 0 Å². The number of carbonyl (C=O) groups excluding carboxylic acids is 2. The molecule has 3 rings (SSSR count). The number of hydrogen-bond acceptors (Lipinski definition) is 5. The van der Waals surface area contributed by atoms with Gasteiger partial charge in [-0.2, -0.15) is 0 Å². The molecule has 1 aromatic rings. The van der Waals surface area contributed by atoms with Crippen molar-refractivity contribution in [1.82, 2.24) is 9.88 Å². The minimum atomic E-state index is -0.327. The van der Waals surface area contributed by atoms with Crippen LogP contribution in [0.25, 0.3) is 0 Å². The predicted molar refractivity (Wildman–Crippen MR) is 90.7 cm³/mol. The molecule has 0 radical (unpaired) electrons. The molecule has 2 fully saturated rings. The van der Waals surface area contributed by atoms with Crippen LogP contribution in [0.15, 0.2) is 18.3 Å². The number of amides is 1. The molecule has 2 heterocycles. The summed E-state index contributed by atoms with van der Waals surface area (Å²) in [6, 6.07) is 3.29. The third-order valence-corrected chi connectivity index (χ3v) is 5.24. The Bertz CT molecular complexity index is 608. The second-order valence-corrected chi connectivity index (χ2v) is 6.91. The van der Waals surface area contributed by atoms with Gasteiger partial charge in [-0.05, 0) is 37.3 Å². The number of fused-ring (bicyclic) bond motifs is 1. The van der Waals surface area contributed by atoms with Crippen LogP contribution >= 0.6 is 11.6 Å². The molecule has 24 heavy (non-hydrogen) atoms. The van der Waals surface area contributed by atoms with Gasteiger partial charge in [-0.25, -0.2) is 4.98 Å². The number of anilines is 1. The molecule has 0 bridgehead atoms. The summed E-state index contributed by atoms with van der Waals surface area (Å²) in [5.41, 5.74) is 0. The van der Waals surface area contributed by atoms with Crippen LogP contribution in [-0.4, -0.2) is 47.5 Å². The van der Waals surface area contributed by atoms with Crippen molar-refractivity contribution in [1.29, 1.82) is 0 Å². The molecule has 1 aromatic heterocycles. The number of nitrogens with zero attached hydrogens (tertiary/aromatic N) is 2. The van der Waals surface area contributed by atoms with Crippen LogP contribution in [0.4, 0.5) is 5.82 Å². The maximum absolute atomic E-state index is 12.4. The van der Waals surface area contributed by atoms with Gasteiger partial charge in [0, 0.05) is 12.2 Å². The third kappa shape index (κ3) is 3.70. The molecule has 0 unspecified atom stereocenters. The molecular formula is C17H22ClN3O3. The Balaban J connectivity index is 1.68. The first-order valence-electron chi connectivity index (χ1n) is 8.33. The summed E-state index contributed by atoms with van der Waals surface area (Å²) in [6.45, 7) is 0.172. The molecule has 1 amide bonds. The first-order valence-corrected chi connectivity index (χ1v) is 8.71. The van der Waals surface area contributed by atoms with Gasteiger partial charge in [0.1, 0.15) is 11.9 Å². The summed E-state index contributed by atoms with van der Waals surface area (Å²) < 4.78 is 4.94. The topological polar surface area (TPSA) is 71.5 Å². The number of halogens is 1. The van der Waals surface area contributed by atoms with Crippen LogP contribution in [0, 0.1) is 5.92 Å². The zero-order chi connectivity index (χ0) is 17.1. The molecule has 0 spiro atoms. The first kappa shape index (κ1) is 17.2. The van der Waals surface area contributed by atoms with Crippen molar-refractivity contribution in [2.24, 2.45) is 5.92 Å². The van der Waals surface area contributed by atoms with Gasteiger partial charge in [-0.3, -0.25) is 14.5 Å². The molecule has 3 atom stereocenters. The Morgan fingerprint density at radius 3 is 2.88 bits per heavy atom. The van der Waals surface area contributed by atoms with E-state index in [0.29, 0.717) is 16.8 Å². The lowest BCUT2D eigenvalue weighted by atomic mass is 9.85. The van der Waals surface area contributed by atoms with Crippen LogP contribution < -0.4 is 5.32 Å². The fraction of sp³-hybridized carbons (Fsp3) is 0.588. The summed E-state index contributed by atoms with van der Waals surface area (Å²) in [5, 5.41) is 3.28. The highest BCUT2D eigenvalue weighted by Crippen LogP contribution is 2.39. The number of carbonyl (C=O) groups is 2. The maximum atomic E-state index is 12.4. The van der Waals surface area contributed by atoms with Crippen molar-refractivity contribution in [3.8, 4) is 0 Å². The predicted octanol–water partition coefficient (Wildman–Crippen LogP) is 2.48. The molecule has 130 valence electrons. The second-order valence-electron chi connectivity index (χ2n) is 6.47. The quantitative estimate of drug-likeness (QED) is 0.844. The van der Waals surface area contributed by atoms with E-state index in [-0.39, 0.29) is 30.5 Å². The standard InChI is InChI=1S/C17H22ClN3O3/c1-24-17(23)14-8-11-4-2-3-5-13(11)21(14)10-16(22)20-15-7-6-12(18)9-19-15/h6-7,9,11,13-14H,2-5,8,10H2,1H3,(H,19,20,22)/t11-,13+,14-/m0/s1. The Labute approximate surface area is 146 Å². The SMILES string of the molecule is COC(=O)[C@@H]1C[C@@H]2CCCC[C@H]2N1CC(=O)Nc1ccc(Cl)cn1. The normalized spacial score (nSPS) is 26.7. The lowest BCUT2D eigenvalue weighted by molar-refractivity contribution is -0.146. The van der Waals surface area contributed by atoms with E-state index in [1.165, 1.54) is 19.7 Å². The lowest BCUT2D eigenvalue weighted by Crippen LogP contribution is -2.46. The van der Waals surface area contributed by atoms with Gasteiger partial charge in [0.05, 0.1) is 18.7 Å². The van der Waals surface area contributed by atoms with Crippen molar-refractivity contribution >= 4 is 29.3 Å². The zero-order valence-corrected chi connectivity index (χ0v) is 14.5. The van der Waals surface area contributed by atoms with Gasteiger partial charge in [-0.15, -0.1) is 0 Å². The van der Waals surface area contributed by atoms with Crippen molar-refractivity contribution < 1.29 is 14.3 Å². The van der Waals surface area contributed by atoms with Gasteiger partial charge in [0.2, 0.25) is 5.91 Å². The number of pyridine rings is 1. The molecule has 1 N–H and O–H groups in total. The van der Waals surface area contributed by atoms with Gasteiger partial charge in [0.25, 0.3) is 0 Å². The molecule has 1 saturated heterocycles.